The summed E-state index contributed by atoms with van der Waals surface area (Å²) in [5, 5.41) is 4.96. The highest BCUT2D eigenvalue weighted by atomic mass is 32.1. The molecule has 0 spiro atoms. The van der Waals surface area contributed by atoms with Crippen LogP contribution < -0.4 is 5.32 Å². The van der Waals surface area contributed by atoms with E-state index in [0.717, 1.165) is 40.0 Å². The maximum absolute atomic E-state index is 13.3. The summed E-state index contributed by atoms with van der Waals surface area (Å²) in [6.45, 7) is 5.65. The molecular weight excluding hydrogens is 418 g/mol. The molecule has 2 amide bonds. The van der Waals surface area contributed by atoms with Crippen LogP contribution in [0.3, 0.4) is 0 Å². The molecule has 3 aromatic rings. The lowest BCUT2D eigenvalue weighted by Gasteiger charge is -2.42. The lowest BCUT2D eigenvalue weighted by molar-refractivity contribution is -0.133. The Balaban J connectivity index is 1.62. The number of carbonyl (C=O) groups is 2. The van der Waals surface area contributed by atoms with Crippen LogP contribution in [0.4, 0.5) is 0 Å². The van der Waals surface area contributed by atoms with E-state index in [1.54, 1.807) is 23.7 Å². The molecule has 1 atom stereocenters. The van der Waals surface area contributed by atoms with Crippen molar-refractivity contribution in [2.75, 3.05) is 19.6 Å². The predicted octanol–water partition coefficient (Wildman–Crippen LogP) is 4.72. The Morgan fingerprint density at radius 1 is 1.16 bits per heavy atom. The van der Waals surface area contributed by atoms with Crippen molar-refractivity contribution < 1.29 is 9.59 Å². The number of nitrogens with zero attached hydrogens (tertiary/aromatic N) is 2. The number of aryl methyl sites for hydroxylation is 1. The average molecular weight is 448 g/mol. The Kier molecular flexibility index (Phi) is 6.70. The molecule has 0 bridgehead atoms. The SMILES string of the molecule is CCNC(=O)[C@@]1(Cc2cccc(-c3ccncc3)c2)CCCN(C(=O)c2csc(C)c2)C1. The minimum atomic E-state index is -0.633. The van der Waals surface area contributed by atoms with Gasteiger partial charge in [-0.15, -0.1) is 11.3 Å². The number of aromatic nitrogens is 1. The minimum absolute atomic E-state index is 0.0215. The Bertz CT molecular complexity index is 1100. The summed E-state index contributed by atoms with van der Waals surface area (Å²) in [6, 6.07) is 14.3. The van der Waals surface area contributed by atoms with Gasteiger partial charge in [0.05, 0.1) is 11.0 Å². The molecule has 32 heavy (non-hydrogen) atoms. The number of likely N-dealkylation sites (tertiary alicyclic amines) is 1. The summed E-state index contributed by atoms with van der Waals surface area (Å²) in [5.74, 6) is 0.0570. The molecule has 1 aliphatic heterocycles. The molecule has 1 saturated heterocycles. The van der Waals surface area contributed by atoms with Gasteiger partial charge in [-0.1, -0.05) is 24.3 Å². The van der Waals surface area contributed by atoms with Gasteiger partial charge in [0, 0.05) is 42.3 Å². The van der Waals surface area contributed by atoms with Crippen LogP contribution in [0.2, 0.25) is 0 Å². The number of piperidine rings is 1. The Morgan fingerprint density at radius 2 is 1.97 bits per heavy atom. The summed E-state index contributed by atoms with van der Waals surface area (Å²) in [7, 11) is 0. The van der Waals surface area contributed by atoms with Gasteiger partial charge >= 0.3 is 0 Å². The standard InChI is InChI=1S/C26H29N3O2S/c1-3-28-25(31)26(10-5-13-29(18-26)24(30)23-14-19(2)32-17-23)16-20-6-4-7-22(15-20)21-8-11-27-12-9-21/h4,6-9,11-12,14-15,17H,3,5,10,13,16,18H2,1-2H3,(H,28,31)/t26-/m1/s1. The number of thiophene rings is 1. The third kappa shape index (κ3) is 4.75. The topological polar surface area (TPSA) is 62.3 Å². The molecule has 1 fully saturated rings. The Hall–Kier alpha value is -2.99. The van der Waals surface area contributed by atoms with Gasteiger partial charge in [0.15, 0.2) is 0 Å². The Morgan fingerprint density at radius 3 is 2.69 bits per heavy atom. The van der Waals surface area contributed by atoms with Crippen molar-refractivity contribution in [3.63, 3.8) is 0 Å². The number of carbonyl (C=O) groups excluding carboxylic acids is 2. The fraction of sp³-hybridized carbons (Fsp3) is 0.346. The van der Waals surface area contributed by atoms with E-state index in [4.69, 9.17) is 0 Å². The molecule has 1 N–H and O–H groups in total. The first-order chi connectivity index (χ1) is 15.5. The van der Waals surface area contributed by atoms with Gasteiger partial charge in [-0.3, -0.25) is 14.6 Å². The average Bonchev–Trinajstić information content (AvgIpc) is 3.26. The van der Waals surface area contributed by atoms with Crippen molar-refractivity contribution in [2.45, 2.75) is 33.1 Å². The molecule has 1 aliphatic rings. The molecule has 0 saturated carbocycles. The van der Waals surface area contributed by atoms with Gasteiger partial charge in [-0.25, -0.2) is 0 Å². The minimum Gasteiger partial charge on any atom is -0.356 e. The van der Waals surface area contributed by atoms with E-state index in [-0.39, 0.29) is 11.8 Å². The lowest BCUT2D eigenvalue weighted by atomic mass is 9.74. The number of hydrogen-bond donors (Lipinski definition) is 1. The highest BCUT2D eigenvalue weighted by molar-refractivity contribution is 7.10. The van der Waals surface area contributed by atoms with E-state index in [1.165, 1.54) is 0 Å². The highest BCUT2D eigenvalue weighted by Crippen LogP contribution is 2.36. The predicted molar refractivity (Wildman–Crippen MR) is 129 cm³/mol. The number of benzene rings is 1. The number of nitrogens with one attached hydrogen (secondary N) is 1. The van der Waals surface area contributed by atoms with Crippen LogP contribution in [-0.2, 0) is 11.2 Å². The van der Waals surface area contributed by atoms with Crippen LogP contribution in [0.1, 0.15) is 40.6 Å². The van der Waals surface area contributed by atoms with E-state index in [9.17, 15) is 9.59 Å². The zero-order valence-corrected chi connectivity index (χ0v) is 19.5. The maximum atomic E-state index is 13.3. The number of amides is 2. The molecule has 4 rings (SSSR count). The van der Waals surface area contributed by atoms with E-state index < -0.39 is 5.41 Å². The van der Waals surface area contributed by atoms with Crippen LogP contribution in [-0.4, -0.2) is 41.3 Å². The molecule has 0 aliphatic carbocycles. The fourth-order valence-electron chi connectivity index (χ4n) is 4.60. The molecule has 0 radical (unpaired) electrons. The normalized spacial score (nSPS) is 18.4. The van der Waals surface area contributed by atoms with Gasteiger partial charge in [0.2, 0.25) is 5.91 Å². The smallest absolute Gasteiger partial charge is 0.254 e. The van der Waals surface area contributed by atoms with Crippen molar-refractivity contribution in [1.82, 2.24) is 15.2 Å². The van der Waals surface area contributed by atoms with Gasteiger partial charge in [0.25, 0.3) is 5.91 Å². The zero-order chi connectivity index (χ0) is 22.6. The molecule has 5 nitrogen and oxygen atoms in total. The lowest BCUT2D eigenvalue weighted by Crippen LogP contribution is -2.54. The third-order valence-electron chi connectivity index (χ3n) is 6.14. The van der Waals surface area contributed by atoms with Crippen LogP contribution >= 0.6 is 11.3 Å². The number of rotatable bonds is 6. The van der Waals surface area contributed by atoms with Crippen LogP contribution in [0.15, 0.2) is 60.2 Å². The van der Waals surface area contributed by atoms with Gasteiger partial charge in [-0.2, -0.15) is 0 Å². The van der Waals surface area contributed by atoms with Crippen molar-refractivity contribution >= 4 is 23.2 Å². The van der Waals surface area contributed by atoms with Crippen molar-refractivity contribution in [2.24, 2.45) is 5.41 Å². The molecule has 3 heterocycles. The monoisotopic (exact) mass is 447 g/mol. The zero-order valence-electron chi connectivity index (χ0n) is 18.6. The second-order valence-electron chi connectivity index (χ2n) is 8.53. The van der Waals surface area contributed by atoms with E-state index >= 15 is 0 Å². The molecule has 2 aromatic heterocycles. The second-order valence-corrected chi connectivity index (χ2v) is 9.64. The molecule has 0 unspecified atom stereocenters. The first kappa shape index (κ1) is 22.2. The van der Waals surface area contributed by atoms with Crippen molar-refractivity contribution in [1.29, 1.82) is 0 Å². The highest BCUT2D eigenvalue weighted by Gasteiger charge is 2.43. The number of hydrogen-bond acceptors (Lipinski definition) is 4. The fourth-order valence-corrected chi connectivity index (χ4v) is 5.27. The second kappa shape index (κ2) is 9.65. The Labute approximate surface area is 193 Å². The molecular formula is C26H29N3O2S. The summed E-state index contributed by atoms with van der Waals surface area (Å²) >= 11 is 1.58. The molecule has 1 aromatic carbocycles. The van der Waals surface area contributed by atoms with Crippen molar-refractivity contribution in [3.05, 3.63) is 76.2 Å². The summed E-state index contributed by atoms with van der Waals surface area (Å²) in [6.07, 6.45) is 5.76. The number of pyridine rings is 1. The van der Waals surface area contributed by atoms with E-state index in [0.29, 0.717) is 26.1 Å². The van der Waals surface area contributed by atoms with E-state index in [2.05, 4.69) is 28.5 Å². The molecule has 166 valence electrons. The van der Waals surface area contributed by atoms with E-state index in [1.807, 2.05) is 48.4 Å². The first-order valence-electron chi connectivity index (χ1n) is 11.1. The van der Waals surface area contributed by atoms with Crippen LogP contribution in [0.5, 0.6) is 0 Å². The summed E-state index contributed by atoms with van der Waals surface area (Å²) in [5.41, 5.74) is 3.40. The van der Waals surface area contributed by atoms with Gasteiger partial charge in [0.1, 0.15) is 0 Å². The summed E-state index contributed by atoms with van der Waals surface area (Å²) < 4.78 is 0. The maximum Gasteiger partial charge on any atom is 0.254 e. The van der Waals surface area contributed by atoms with Crippen molar-refractivity contribution in [3.8, 4) is 11.1 Å². The molecule has 6 heteroatoms. The quantitative estimate of drug-likeness (QED) is 0.595. The summed E-state index contributed by atoms with van der Waals surface area (Å²) in [4.78, 5) is 33.6. The first-order valence-corrected chi connectivity index (χ1v) is 12.0. The third-order valence-corrected chi connectivity index (χ3v) is 7.01. The van der Waals surface area contributed by atoms with Crippen LogP contribution in [0.25, 0.3) is 11.1 Å². The van der Waals surface area contributed by atoms with Gasteiger partial charge < -0.3 is 10.2 Å². The van der Waals surface area contributed by atoms with Crippen LogP contribution in [0, 0.1) is 12.3 Å². The van der Waals surface area contributed by atoms with Gasteiger partial charge in [-0.05, 0) is 68.0 Å². The largest absolute Gasteiger partial charge is 0.356 e.